The SMILES string of the molecule is Cc1cc(C)c(-c2cnc(NC(=O)c3cccc(CS(=O)(=O)CCc4ccc(-c5cnc(NC(=O)c6cccc(CN7C(=O)CCC7=O)c6)n5C)cc4C)c3)n2C)cc1C. The Kier molecular flexibility index (Phi) is 11.7. The van der Waals surface area contributed by atoms with Gasteiger partial charge >= 0.3 is 0 Å². The molecule has 0 spiro atoms. The summed E-state index contributed by atoms with van der Waals surface area (Å²) in [6.45, 7) is 8.23. The summed E-state index contributed by atoms with van der Waals surface area (Å²) < 4.78 is 30.3. The molecule has 4 aromatic carbocycles. The van der Waals surface area contributed by atoms with Crippen LogP contribution in [-0.4, -0.2) is 61.8 Å². The van der Waals surface area contributed by atoms with Crippen LogP contribution in [-0.2, 0) is 52.2 Å². The van der Waals surface area contributed by atoms with Gasteiger partial charge in [-0.2, -0.15) is 0 Å². The lowest BCUT2D eigenvalue weighted by Gasteiger charge is -2.14. The number of amides is 4. The Labute approximate surface area is 349 Å². The van der Waals surface area contributed by atoms with E-state index in [1.54, 1.807) is 72.5 Å². The number of imide groups is 1. The molecule has 1 saturated heterocycles. The van der Waals surface area contributed by atoms with Crippen LogP contribution in [0.4, 0.5) is 11.9 Å². The molecular formula is C46H47N7O6S. The van der Waals surface area contributed by atoms with Crippen LogP contribution in [0.3, 0.4) is 0 Å². The van der Waals surface area contributed by atoms with Crippen molar-refractivity contribution < 1.29 is 27.6 Å². The Balaban J connectivity index is 0.954. The molecule has 3 heterocycles. The van der Waals surface area contributed by atoms with E-state index in [0.29, 0.717) is 40.6 Å². The fourth-order valence-electron chi connectivity index (χ4n) is 7.48. The zero-order valence-electron chi connectivity index (χ0n) is 34.5. The zero-order valence-corrected chi connectivity index (χ0v) is 35.3. The highest BCUT2D eigenvalue weighted by molar-refractivity contribution is 7.90. The number of carbonyl (C=O) groups is 4. The lowest BCUT2D eigenvalue weighted by Crippen LogP contribution is -2.28. The molecule has 6 aromatic rings. The molecule has 7 rings (SSSR count). The van der Waals surface area contributed by atoms with Gasteiger partial charge in [0.25, 0.3) is 11.8 Å². The van der Waals surface area contributed by atoms with E-state index in [4.69, 9.17) is 0 Å². The standard InChI is InChI=1S/C46H47N7O6S/c1-28-19-31(4)38(21-29(28)2)40-25-48-46(52(40)6)50-44(57)37-12-8-10-33(23-37)27-60(58,59)18-17-34-13-14-35(20-30(34)3)39-24-47-45(51(39)5)49-43(56)36-11-7-9-32(22-36)26-53-41(54)15-16-42(53)55/h7-14,19-25H,15-18,26-27H2,1-6H3,(H,47,49,56)(H,48,50,57). The quantitative estimate of drug-likeness (QED) is 0.117. The van der Waals surface area contributed by atoms with Crippen molar-refractivity contribution in [3.63, 3.8) is 0 Å². The van der Waals surface area contributed by atoms with E-state index < -0.39 is 9.84 Å². The molecule has 1 aliphatic heterocycles. The van der Waals surface area contributed by atoms with Crippen molar-refractivity contribution in [1.82, 2.24) is 24.0 Å². The smallest absolute Gasteiger partial charge is 0.257 e. The molecule has 0 aliphatic carbocycles. The van der Waals surface area contributed by atoms with Crippen LogP contribution in [0.5, 0.6) is 0 Å². The van der Waals surface area contributed by atoms with Crippen molar-refractivity contribution in [2.24, 2.45) is 14.1 Å². The Bertz CT molecular complexity index is 2790. The van der Waals surface area contributed by atoms with Crippen LogP contribution < -0.4 is 10.6 Å². The van der Waals surface area contributed by atoms with E-state index in [1.165, 1.54) is 16.0 Å². The van der Waals surface area contributed by atoms with Crippen molar-refractivity contribution in [1.29, 1.82) is 0 Å². The first-order valence-corrected chi connectivity index (χ1v) is 21.4. The van der Waals surface area contributed by atoms with Crippen molar-refractivity contribution in [2.45, 2.75) is 59.3 Å². The number of benzene rings is 4. The molecule has 1 aliphatic rings. The minimum absolute atomic E-state index is 0.0781. The number of likely N-dealkylation sites (tertiary alicyclic amines) is 1. The highest BCUT2D eigenvalue weighted by Crippen LogP contribution is 2.29. The second-order valence-electron chi connectivity index (χ2n) is 15.5. The predicted molar refractivity (Wildman–Crippen MR) is 231 cm³/mol. The molecule has 0 bridgehead atoms. The topological polar surface area (TPSA) is 165 Å². The number of imidazole rings is 2. The first-order chi connectivity index (χ1) is 28.6. The highest BCUT2D eigenvalue weighted by atomic mass is 32.2. The Hall–Kier alpha value is -6.67. The van der Waals surface area contributed by atoms with Crippen LogP contribution >= 0.6 is 0 Å². The average Bonchev–Trinajstić information content (AvgIpc) is 3.87. The Morgan fingerprint density at radius 2 is 1.23 bits per heavy atom. The van der Waals surface area contributed by atoms with Crippen molar-refractivity contribution >= 4 is 45.4 Å². The summed E-state index contributed by atoms with van der Waals surface area (Å²) in [6.07, 6.45) is 4.11. The molecule has 60 heavy (non-hydrogen) atoms. The number of anilines is 2. The number of carbonyl (C=O) groups excluding carboxylic acids is 4. The largest absolute Gasteiger partial charge is 0.313 e. The molecule has 1 fully saturated rings. The van der Waals surface area contributed by atoms with E-state index in [-0.39, 0.29) is 54.5 Å². The lowest BCUT2D eigenvalue weighted by molar-refractivity contribution is -0.139. The van der Waals surface area contributed by atoms with Gasteiger partial charge in [0, 0.05) is 49.2 Å². The second-order valence-corrected chi connectivity index (χ2v) is 17.7. The third kappa shape index (κ3) is 8.98. The average molecular weight is 826 g/mol. The minimum Gasteiger partial charge on any atom is -0.313 e. The van der Waals surface area contributed by atoms with Crippen LogP contribution in [0.25, 0.3) is 22.5 Å². The monoisotopic (exact) mass is 825 g/mol. The Morgan fingerprint density at radius 1 is 0.667 bits per heavy atom. The number of rotatable bonds is 13. The summed E-state index contributed by atoms with van der Waals surface area (Å²) >= 11 is 0. The molecule has 2 N–H and O–H groups in total. The van der Waals surface area contributed by atoms with Gasteiger partial charge in [0.2, 0.25) is 23.7 Å². The second kappa shape index (κ2) is 16.9. The number of sulfone groups is 1. The van der Waals surface area contributed by atoms with Gasteiger partial charge in [0.05, 0.1) is 41.8 Å². The molecule has 0 atom stereocenters. The molecule has 4 amide bonds. The zero-order chi connectivity index (χ0) is 42.9. The van der Waals surface area contributed by atoms with Gasteiger partial charge in [0.15, 0.2) is 9.84 Å². The molecule has 13 nitrogen and oxygen atoms in total. The van der Waals surface area contributed by atoms with Gasteiger partial charge < -0.3 is 9.13 Å². The normalized spacial score (nSPS) is 12.9. The summed E-state index contributed by atoms with van der Waals surface area (Å²) in [5, 5.41) is 5.72. The number of hydrogen-bond acceptors (Lipinski definition) is 8. The summed E-state index contributed by atoms with van der Waals surface area (Å²) in [5.74, 6) is -0.789. The number of hydrogen-bond donors (Lipinski definition) is 2. The summed E-state index contributed by atoms with van der Waals surface area (Å²) in [6, 6.07) is 23.5. The maximum absolute atomic E-state index is 13.4. The third-order valence-electron chi connectivity index (χ3n) is 11.1. The lowest BCUT2D eigenvalue weighted by atomic mass is 9.99. The number of nitrogens with zero attached hydrogens (tertiary/aromatic N) is 5. The van der Waals surface area contributed by atoms with Crippen molar-refractivity contribution in [3.8, 4) is 22.5 Å². The maximum Gasteiger partial charge on any atom is 0.257 e. The van der Waals surface area contributed by atoms with Gasteiger partial charge in [-0.1, -0.05) is 42.5 Å². The number of nitrogens with one attached hydrogen (secondary N) is 2. The fourth-order valence-corrected chi connectivity index (χ4v) is 8.84. The molecule has 2 aromatic heterocycles. The predicted octanol–water partition coefficient (Wildman–Crippen LogP) is 7.03. The van der Waals surface area contributed by atoms with Crippen LogP contribution in [0.2, 0.25) is 0 Å². The van der Waals surface area contributed by atoms with E-state index in [2.05, 4.69) is 46.6 Å². The van der Waals surface area contributed by atoms with Crippen LogP contribution in [0.15, 0.2) is 91.3 Å². The minimum atomic E-state index is -3.54. The Morgan fingerprint density at radius 3 is 1.87 bits per heavy atom. The maximum atomic E-state index is 13.4. The van der Waals surface area contributed by atoms with Gasteiger partial charge in [-0.05, 0) is 109 Å². The first kappa shape index (κ1) is 41.5. The van der Waals surface area contributed by atoms with Crippen molar-refractivity contribution in [3.05, 3.63) is 141 Å². The van der Waals surface area contributed by atoms with Gasteiger partial charge in [-0.25, -0.2) is 18.4 Å². The van der Waals surface area contributed by atoms with E-state index >= 15 is 0 Å². The number of aryl methyl sites for hydroxylation is 5. The van der Waals surface area contributed by atoms with E-state index in [1.807, 2.05) is 43.7 Å². The van der Waals surface area contributed by atoms with Gasteiger partial charge in [0.1, 0.15) is 0 Å². The first-order valence-electron chi connectivity index (χ1n) is 19.6. The van der Waals surface area contributed by atoms with Crippen LogP contribution in [0.1, 0.15) is 72.5 Å². The molecular weight excluding hydrogens is 779 g/mol. The summed E-state index contributed by atoms with van der Waals surface area (Å²) in [7, 11) is 0.0895. The van der Waals surface area contributed by atoms with E-state index in [9.17, 15) is 27.6 Å². The highest BCUT2D eigenvalue weighted by Gasteiger charge is 2.29. The molecule has 0 radical (unpaired) electrons. The van der Waals surface area contributed by atoms with Gasteiger partial charge in [-0.3, -0.25) is 34.7 Å². The number of aromatic nitrogens is 4. The molecule has 308 valence electrons. The fraction of sp³-hybridized carbons (Fsp3) is 0.261. The van der Waals surface area contributed by atoms with Gasteiger partial charge in [-0.15, -0.1) is 0 Å². The van der Waals surface area contributed by atoms with Crippen LogP contribution in [0, 0.1) is 27.7 Å². The van der Waals surface area contributed by atoms with E-state index in [0.717, 1.165) is 39.2 Å². The molecule has 0 saturated carbocycles. The summed E-state index contributed by atoms with van der Waals surface area (Å²) in [5.41, 5.74) is 10.6. The third-order valence-corrected chi connectivity index (χ3v) is 12.7. The molecule has 14 heteroatoms. The molecule has 0 unspecified atom stereocenters. The summed E-state index contributed by atoms with van der Waals surface area (Å²) in [4.78, 5) is 60.8. The van der Waals surface area contributed by atoms with Crippen molar-refractivity contribution in [2.75, 3.05) is 16.4 Å².